The highest BCUT2D eigenvalue weighted by molar-refractivity contribution is 9.10. The summed E-state index contributed by atoms with van der Waals surface area (Å²) in [6.07, 6.45) is -3.13. The zero-order chi connectivity index (χ0) is 14.8. The Labute approximate surface area is 122 Å². The largest absolute Gasteiger partial charge is 0.435 e. The second-order valence-corrected chi connectivity index (χ2v) is 5.06. The van der Waals surface area contributed by atoms with Crippen LogP contribution in [0.15, 0.2) is 34.9 Å². The van der Waals surface area contributed by atoms with Crippen LogP contribution in [0.4, 0.5) is 13.2 Å². The highest BCUT2D eigenvalue weighted by atomic mass is 79.9. The molecular formula is C13H13BrF3N3. The predicted octanol–water partition coefficient (Wildman–Crippen LogP) is 3.76. The van der Waals surface area contributed by atoms with Crippen LogP contribution in [0.2, 0.25) is 0 Å². The van der Waals surface area contributed by atoms with E-state index in [9.17, 15) is 13.2 Å². The molecule has 0 amide bonds. The molecule has 0 aliphatic rings. The number of alkyl halides is 3. The number of benzene rings is 1. The minimum atomic E-state index is -4.43. The quantitative estimate of drug-likeness (QED) is 0.912. The fourth-order valence-corrected chi connectivity index (χ4v) is 2.33. The predicted molar refractivity (Wildman–Crippen MR) is 73.6 cm³/mol. The van der Waals surface area contributed by atoms with Crippen LogP contribution in [0, 0.1) is 0 Å². The normalized spacial score (nSPS) is 11.8. The van der Waals surface area contributed by atoms with E-state index in [1.54, 1.807) is 6.07 Å². The van der Waals surface area contributed by atoms with Gasteiger partial charge in [-0.05, 0) is 46.2 Å². The highest BCUT2D eigenvalue weighted by Crippen LogP contribution is 2.29. The Hall–Kier alpha value is -1.34. The molecule has 1 aromatic heterocycles. The molecule has 0 radical (unpaired) electrons. The number of halogens is 4. The molecule has 20 heavy (non-hydrogen) atoms. The van der Waals surface area contributed by atoms with Crippen molar-refractivity contribution in [3.63, 3.8) is 0 Å². The third-order valence-electron chi connectivity index (χ3n) is 2.72. The maximum atomic E-state index is 12.5. The van der Waals surface area contributed by atoms with E-state index in [0.29, 0.717) is 16.7 Å². The van der Waals surface area contributed by atoms with E-state index in [4.69, 9.17) is 0 Å². The van der Waals surface area contributed by atoms with Crippen LogP contribution in [0.25, 0.3) is 5.69 Å². The lowest BCUT2D eigenvalue weighted by molar-refractivity contribution is -0.141. The number of nitrogens with one attached hydrogen (secondary N) is 1. The van der Waals surface area contributed by atoms with Crippen molar-refractivity contribution in [1.82, 2.24) is 15.1 Å². The van der Waals surface area contributed by atoms with Gasteiger partial charge in [-0.25, -0.2) is 4.68 Å². The van der Waals surface area contributed by atoms with E-state index in [1.807, 2.05) is 19.1 Å². The summed E-state index contributed by atoms with van der Waals surface area (Å²) in [5, 5.41) is 6.73. The zero-order valence-electron chi connectivity index (χ0n) is 10.7. The molecular weight excluding hydrogens is 335 g/mol. The molecule has 108 valence electrons. The van der Waals surface area contributed by atoms with Crippen molar-refractivity contribution in [3.05, 3.63) is 46.2 Å². The SMILES string of the molecule is CCNCc1ccc(-n2ccc(C(F)(F)F)n2)c(Br)c1. The van der Waals surface area contributed by atoms with Gasteiger partial charge in [-0.3, -0.25) is 0 Å². The molecule has 3 nitrogen and oxygen atoms in total. The molecule has 0 saturated carbocycles. The third-order valence-corrected chi connectivity index (χ3v) is 3.35. The first-order valence-electron chi connectivity index (χ1n) is 6.04. The van der Waals surface area contributed by atoms with Gasteiger partial charge >= 0.3 is 6.18 Å². The van der Waals surface area contributed by atoms with Crippen molar-refractivity contribution < 1.29 is 13.2 Å². The molecule has 0 atom stereocenters. The number of rotatable bonds is 4. The van der Waals surface area contributed by atoms with Gasteiger partial charge in [-0.15, -0.1) is 0 Å². The summed E-state index contributed by atoms with van der Waals surface area (Å²) in [7, 11) is 0. The molecule has 0 saturated heterocycles. The first-order valence-corrected chi connectivity index (χ1v) is 6.83. The lowest BCUT2D eigenvalue weighted by Gasteiger charge is -2.08. The van der Waals surface area contributed by atoms with Gasteiger partial charge in [0.25, 0.3) is 0 Å². The zero-order valence-corrected chi connectivity index (χ0v) is 12.3. The van der Waals surface area contributed by atoms with Crippen LogP contribution in [-0.4, -0.2) is 16.3 Å². The molecule has 7 heteroatoms. The van der Waals surface area contributed by atoms with Gasteiger partial charge in [0.05, 0.1) is 5.69 Å². The van der Waals surface area contributed by atoms with Crippen LogP contribution in [0.5, 0.6) is 0 Å². The fourth-order valence-electron chi connectivity index (χ4n) is 1.72. The average molecular weight is 348 g/mol. The Morgan fingerprint density at radius 2 is 2.05 bits per heavy atom. The number of aromatic nitrogens is 2. The summed E-state index contributed by atoms with van der Waals surface area (Å²) in [6, 6.07) is 6.42. The lowest BCUT2D eigenvalue weighted by atomic mass is 10.2. The summed E-state index contributed by atoms with van der Waals surface area (Å²) in [5.41, 5.74) is 0.715. The maximum absolute atomic E-state index is 12.5. The topological polar surface area (TPSA) is 29.9 Å². The van der Waals surface area contributed by atoms with Gasteiger partial charge in [0.1, 0.15) is 0 Å². The van der Waals surface area contributed by atoms with Crippen molar-refractivity contribution >= 4 is 15.9 Å². The van der Waals surface area contributed by atoms with E-state index >= 15 is 0 Å². The highest BCUT2D eigenvalue weighted by Gasteiger charge is 2.33. The van der Waals surface area contributed by atoms with Gasteiger partial charge in [0.15, 0.2) is 5.69 Å². The van der Waals surface area contributed by atoms with E-state index in [0.717, 1.165) is 18.2 Å². The minimum absolute atomic E-state index is 0.570. The molecule has 2 aromatic rings. The van der Waals surface area contributed by atoms with Crippen molar-refractivity contribution in [2.24, 2.45) is 0 Å². The summed E-state index contributed by atoms with van der Waals surface area (Å²) in [4.78, 5) is 0. The summed E-state index contributed by atoms with van der Waals surface area (Å²) >= 11 is 3.37. The number of hydrogen-bond donors (Lipinski definition) is 1. The summed E-state index contributed by atoms with van der Waals surface area (Å²) in [6.45, 7) is 3.57. The molecule has 1 N–H and O–H groups in total. The molecule has 2 rings (SSSR count). The van der Waals surface area contributed by atoms with Gasteiger partial charge in [-0.1, -0.05) is 13.0 Å². The standard InChI is InChI=1S/C13H13BrF3N3/c1-2-18-8-9-3-4-11(10(14)7-9)20-6-5-12(19-20)13(15,16)17/h3-7,18H,2,8H2,1H3. The van der Waals surface area contributed by atoms with Crippen LogP contribution in [-0.2, 0) is 12.7 Å². The van der Waals surface area contributed by atoms with Gasteiger partial charge in [0.2, 0.25) is 0 Å². The second kappa shape index (κ2) is 5.97. The lowest BCUT2D eigenvalue weighted by Crippen LogP contribution is -2.12. The number of hydrogen-bond acceptors (Lipinski definition) is 2. The first-order chi connectivity index (χ1) is 9.41. The van der Waals surface area contributed by atoms with Gasteiger partial charge < -0.3 is 5.32 Å². The molecule has 0 bridgehead atoms. The monoisotopic (exact) mass is 347 g/mol. The molecule has 0 spiro atoms. The van der Waals surface area contributed by atoms with E-state index in [1.165, 1.54) is 10.9 Å². The van der Waals surface area contributed by atoms with Crippen LogP contribution >= 0.6 is 15.9 Å². The molecule has 0 fully saturated rings. The summed E-state index contributed by atoms with van der Waals surface area (Å²) < 4.78 is 39.5. The van der Waals surface area contributed by atoms with E-state index < -0.39 is 11.9 Å². The smallest absolute Gasteiger partial charge is 0.313 e. The number of nitrogens with zero attached hydrogens (tertiary/aromatic N) is 2. The molecule has 1 heterocycles. The van der Waals surface area contributed by atoms with Crippen molar-refractivity contribution in [2.45, 2.75) is 19.6 Å². The van der Waals surface area contributed by atoms with E-state index in [-0.39, 0.29) is 0 Å². The Bertz CT molecular complexity index is 593. The van der Waals surface area contributed by atoms with Gasteiger partial charge in [-0.2, -0.15) is 18.3 Å². The maximum Gasteiger partial charge on any atom is 0.435 e. The summed E-state index contributed by atoms with van der Waals surface area (Å²) in [5.74, 6) is 0. The van der Waals surface area contributed by atoms with Crippen molar-refractivity contribution in [1.29, 1.82) is 0 Å². The molecule has 0 aliphatic heterocycles. The third kappa shape index (κ3) is 3.40. The van der Waals surface area contributed by atoms with Crippen molar-refractivity contribution in [2.75, 3.05) is 6.54 Å². The van der Waals surface area contributed by atoms with Gasteiger partial charge in [0, 0.05) is 17.2 Å². The first kappa shape index (κ1) is 15.1. The Kier molecular flexibility index (Phi) is 4.49. The van der Waals surface area contributed by atoms with Crippen molar-refractivity contribution in [3.8, 4) is 5.69 Å². The van der Waals surface area contributed by atoms with Crippen LogP contribution < -0.4 is 5.32 Å². The minimum Gasteiger partial charge on any atom is -0.313 e. The average Bonchev–Trinajstić information content (AvgIpc) is 2.85. The second-order valence-electron chi connectivity index (χ2n) is 4.21. The molecule has 0 unspecified atom stereocenters. The fraction of sp³-hybridized carbons (Fsp3) is 0.308. The van der Waals surface area contributed by atoms with Crippen LogP contribution in [0.1, 0.15) is 18.2 Å². The molecule has 0 aliphatic carbocycles. The van der Waals surface area contributed by atoms with Crippen LogP contribution in [0.3, 0.4) is 0 Å². The Balaban J connectivity index is 2.27. The Morgan fingerprint density at radius 1 is 1.30 bits per heavy atom. The molecule has 1 aromatic carbocycles. The van der Waals surface area contributed by atoms with E-state index in [2.05, 4.69) is 26.3 Å². The Morgan fingerprint density at radius 3 is 2.60 bits per heavy atom.